The van der Waals surface area contributed by atoms with Crippen molar-refractivity contribution < 1.29 is 31.5 Å². The minimum absolute atomic E-state index is 0.0728. The van der Waals surface area contributed by atoms with Crippen molar-refractivity contribution in [3.8, 4) is 16.9 Å². The van der Waals surface area contributed by atoms with Crippen molar-refractivity contribution in [1.29, 1.82) is 0 Å². The van der Waals surface area contributed by atoms with Gasteiger partial charge in [0.15, 0.2) is 0 Å². The van der Waals surface area contributed by atoms with Gasteiger partial charge in [0.25, 0.3) is 5.91 Å². The number of sulfonamides is 1. The van der Waals surface area contributed by atoms with Crippen LogP contribution >= 0.6 is 0 Å². The van der Waals surface area contributed by atoms with E-state index >= 15 is 0 Å². The van der Waals surface area contributed by atoms with Crippen LogP contribution in [-0.2, 0) is 19.6 Å². The van der Waals surface area contributed by atoms with Gasteiger partial charge in [-0.2, -0.15) is 13.1 Å². The van der Waals surface area contributed by atoms with Crippen molar-refractivity contribution in [2.75, 3.05) is 31.6 Å². The van der Waals surface area contributed by atoms with Crippen LogP contribution in [0.3, 0.4) is 0 Å². The minimum Gasteiger partial charge on any atom is -0.434 e. The summed E-state index contributed by atoms with van der Waals surface area (Å²) in [6.45, 7) is -1.82. The second-order valence-electron chi connectivity index (χ2n) is 9.41. The summed E-state index contributed by atoms with van der Waals surface area (Å²) in [7, 11) is -3.69. The Labute approximate surface area is 243 Å². The average Bonchev–Trinajstić information content (AvgIpc) is 3.01. The molecule has 1 aliphatic rings. The summed E-state index contributed by atoms with van der Waals surface area (Å²) < 4.78 is 63.4. The zero-order valence-corrected chi connectivity index (χ0v) is 23.3. The highest BCUT2D eigenvalue weighted by molar-refractivity contribution is 7.89. The quantitative estimate of drug-likeness (QED) is 0.187. The van der Waals surface area contributed by atoms with E-state index in [0.29, 0.717) is 30.0 Å². The first-order valence-electron chi connectivity index (χ1n) is 13.2. The lowest BCUT2D eigenvalue weighted by Crippen LogP contribution is -2.40. The Morgan fingerprint density at radius 3 is 2.12 bits per heavy atom. The van der Waals surface area contributed by atoms with Gasteiger partial charge >= 0.3 is 6.61 Å². The summed E-state index contributed by atoms with van der Waals surface area (Å²) >= 11 is 0. The number of nitrogens with zero attached hydrogens (tertiary/aromatic N) is 1. The molecule has 7 nitrogen and oxygen atoms in total. The fourth-order valence-electron chi connectivity index (χ4n) is 4.56. The number of ether oxygens (including phenoxy) is 2. The van der Waals surface area contributed by atoms with Gasteiger partial charge in [-0.1, -0.05) is 72.8 Å². The van der Waals surface area contributed by atoms with Gasteiger partial charge in [-0.05, 0) is 53.1 Å². The second-order valence-corrected chi connectivity index (χ2v) is 11.4. The standard InChI is InChI=1S/C32H28F2N2O5S/c33-32(34)41-30-9-5-4-8-26(30)22-29(25-12-10-24(11-13-25)23-6-2-1-3-7-23)31(37)35-27-14-16-28(17-15-27)42(38,39)36-18-20-40-21-19-36/h1-17,22,32H,18-21H2,(H,35,37). The molecule has 10 heteroatoms. The second kappa shape index (κ2) is 13.1. The molecule has 0 saturated carbocycles. The molecule has 0 unspecified atom stereocenters. The van der Waals surface area contributed by atoms with E-state index in [4.69, 9.17) is 4.74 Å². The maximum Gasteiger partial charge on any atom is 0.387 e. The van der Waals surface area contributed by atoms with E-state index in [1.54, 1.807) is 30.3 Å². The highest BCUT2D eigenvalue weighted by atomic mass is 32.2. The molecule has 1 saturated heterocycles. The van der Waals surface area contributed by atoms with Gasteiger partial charge in [0.05, 0.1) is 18.1 Å². The van der Waals surface area contributed by atoms with Crippen LogP contribution in [0.1, 0.15) is 11.1 Å². The van der Waals surface area contributed by atoms with Gasteiger partial charge < -0.3 is 14.8 Å². The van der Waals surface area contributed by atoms with E-state index in [2.05, 4.69) is 10.1 Å². The SMILES string of the molecule is O=C(Nc1ccc(S(=O)(=O)N2CCOCC2)cc1)C(=Cc1ccccc1OC(F)F)c1ccc(-c2ccccc2)cc1. The van der Waals surface area contributed by atoms with Crippen molar-refractivity contribution in [3.05, 3.63) is 114 Å². The maximum atomic E-state index is 13.6. The summed E-state index contributed by atoms with van der Waals surface area (Å²) in [6, 6.07) is 29.1. The van der Waals surface area contributed by atoms with E-state index in [1.807, 2.05) is 42.5 Å². The first kappa shape index (κ1) is 29.1. The molecule has 1 N–H and O–H groups in total. The molecule has 1 aliphatic heterocycles. The molecule has 5 rings (SSSR count). The maximum absolute atomic E-state index is 13.6. The van der Waals surface area contributed by atoms with Crippen LogP contribution < -0.4 is 10.1 Å². The number of anilines is 1. The first-order chi connectivity index (χ1) is 20.3. The lowest BCUT2D eigenvalue weighted by molar-refractivity contribution is -0.111. The van der Waals surface area contributed by atoms with Crippen molar-refractivity contribution in [2.24, 2.45) is 0 Å². The molecule has 0 bridgehead atoms. The fraction of sp³-hybridized carbons (Fsp3) is 0.156. The molecule has 1 fully saturated rings. The zero-order chi connectivity index (χ0) is 29.5. The first-order valence-corrected chi connectivity index (χ1v) is 14.7. The Bertz CT molecular complexity index is 1650. The number of carbonyl (C=O) groups excluding carboxylic acids is 1. The van der Waals surface area contributed by atoms with Crippen molar-refractivity contribution in [3.63, 3.8) is 0 Å². The number of alkyl halides is 2. The molecule has 0 radical (unpaired) electrons. The van der Waals surface area contributed by atoms with Gasteiger partial charge in [-0.25, -0.2) is 8.42 Å². The Morgan fingerprint density at radius 2 is 1.45 bits per heavy atom. The van der Waals surface area contributed by atoms with Gasteiger partial charge in [0, 0.05) is 29.9 Å². The molecule has 0 aliphatic carbocycles. The smallest absolute Gasteiger partial charge is 0.387 e. The number of nitrogens with one attached hydrogen (secondary N) is 1. The normalized spacial score (nSPS) is 14.5. The summed E-state index contributed by atoms with van der Waals surface area (Å²) in [6.07, 6.45) is 1.49. The zero-order valence-electron chi connectivity index (χ0n) is 22.5. The highest BCUT2D eigenvalue weighted by Gasteiger charge is 2.26. The molecular weight excluding hydrogens is 562 g/mol. The Morgan fingerprint density at radius 1 is 0.833 bits per heavy atom. The third kappa shape index (κ3) is 6.91. The predicted octanol–water partition coefficient (Wildman–Crippen LogP) is 6.16. The van der Waals surface area contributed by atoms with Crippen LogP contribution in [-0.4, -0.2) is 51.5 Å². The number of benzene rings is 4. The summed E-state index contributed by atoms with van der Waals surface area (Å²) in [5.74, 6) is -0.588. The fourth-order valence-corrected chi connectivity index (χ4v) is 5.96. The Balaban J connectivity index is 1.45. The monoisotopic (exact) mass is 590 g/mol. The van der Waals surface area contributed by atoms with E-state index in [1.165, 1.54) is 40.7 Å². The lowest BCUT2D eigenvalue weighted by Gasteiger charge is -2.26. The number of hydrogen-bond acceptors (Lipinski definition) is 5. The molecule has 42 heavy (non-hydrogen) atoms. The molecule has 216 valence electrons. The Kier molecular flexibility index (Phi) is 9.06. The van der Waals surface area contributed by atoms with Gasteiger partial charge in [0.1, 0.15) is 5.75 Å². The number of amides is 1. The topological polar surface area (TPSA) is 84.9 Å². The average molecular weight is 591 g/mol. The van der Waals surface area contributed by atoms with Crippen LogP contribution in [0.5, 0.6) is 5.75 Å². The van der Waals surface area contributed by atoms with E-state index < -0.39 is 22.5 Å². The summed E-state index contributed by atoms with van der Waals surface area (Å²) in [5.41, 5.74) is 3.35. The molecule has 0 aromatic heterocycles. The molecule has 4 aromatic carbocycles. The van der Waals surface area contributed by atoms with Crippen molar-refractivity contribution in [1.82, 2.24) is 4.31 Å². The van der Waals surface area contributed by atoms with E-state index in [0.717, 1.165) is 11.1 Å². The summed E-state index contributed by atoms with van der Waals surface area (Å²) in [5, 5.41) is 2.80. The molecule has 4 aromatic rings. The van der Waals surface area contributed by atoms with Gasteiger partial charge in [-0.15, -0.1) is 0 Å². The Hall–Kier alpha value is -4.38. The number of halogens is 2. The van der Waals surface area contributed by atoms with E-state index in [-0.39, 0.29) is 29.3 Å². The van der Waals surface area contributed by atoms with Crippen LogP contribution in [0.15, 0.2) is 108 Å². The van der Waals surface area contributed by atoms with Gasteiger partial charge in [0.2, 0.25) is 10.0 Å². The van der Waals surface area contributed by atoms with Crippen LogP contribution in [0.4, 0.5) is 14.5 Å². The molecule has 0 spiro atoms. The number of hydrogen-bond donors (Lipinski definition) is 1. The van der Waals surface area contributed by atoms with Crippen molar-refractivity contribution >= 4 is 33.3 Å². The van der Waals surface area contributed by atoms with Crippen LogP contribution in [0, 0.1) is 0 Å². The van der Waals surface area contributed by atoms with Crippen molar-refractivity contribution in [2.45, 2.75) is 11.5 Å². The highest BCUT2D eigenvalue weighted by Crippen LogP contribution is 2.29. The number of para-hydroxylation sites is 1. The summed E-state index contributed by atoms with van der Waals surface area (Å²) in [4.78, 5) is 13.7. The van der Waals surface area contributed by atoms with Gasteiger partial charge in [-0.3, -0.25) is 4.79 Å². The largest absolute Gasteiger partial charge is 0.434 e. The molecule has 1 heterocycles. The third-order valence-corrected chi connectivity index (χ3v) is 8.62. The number of carbonyl (C=O) groups is 1. The number of morpholine rings is 1. The molecular formula is C32H28F2N2O5S. The van der Waals surface area contributed by atoms with Crippen LogP contribution in [0.2, 0.25) is 0 Å². The van der Waals surface area contributed by atoms with Crippen LogP contribution in [0.25, 0.3) is 22.8 Å². The molecule has 0 atom stereocenters. The molecule has 1 amide bonds. The number of rotatable bonds is 9. The minimum atomic E-state index is -3.69. The third-order valence-electron chi connectivity index (χ3n) is 6.70. The predicted molar refractivity (Wildman–Crippen MR) is 157 cm³/mol. The van der Waals surface area contributed by atoms with E-state index in [9.17, 15) is 22.0 Å². The lowest BCUT2D eigenvalue weighted by atomic mass is 9.98.